The van der Waals surface area contributed by atoms with Gasteiger partial charge in [-0.15, -0.1) is 0 Å². The van der Waals surface area contributed by atoms with Gasteiger partial charge in [0.15, 0.2) is 0 Å². The number of Topliss-reactive ketones (excluding diaryl/α,β-unsaturated/α-hetero) is 1. The summed E-state index contributed by atoms with van der Waals surface area (Å²) in [4.78, 5) is 27.0. The van der Waals surface area contributed by atoms with Crippen LogP contribution in [0.15, 0.2) is 84.9 Å². The maximum absolute atomic E-state index is 12.4. The lowest BCUT2D eigenvalue weighted by atomic mass is 9.81. The van der Waals surface area contributed by atoms with Crippen LogP contribution < -0.4 is 4.90 Å². The van der Waals surface area contributed by atoms with Gasteiger partial charge in [0.25, 0.3) is 0 Å². The second kappa shape index (κ2) is 11.3. The lowest BCUT2D eigenvalue weighted by Gasteiger charge is -2.28. The number of nitrogens with zero attached hydrogens (tertiary/aromatic N) is 1. The van der Waals surface area contributed by atoms with Gasteiger partial charge >= 0.3 is 5.97 Å². The number of anilines is 1. The summed E-state index contributed by atoms with van der Waals surface area (Å²) in [5.74, 6) is -1.66. The number of ether oxygens (including phenoxy) is 1. The average molecular weight is 430 g/mol. The van der Waals surface area contributed by atoms with Crippen molar-refractivity contribution in [2.45, 2.75) is 39.3 Å². The van der Waals surface area contributed by atoms with Crippen molar-refractivity contribution in [3.05, 3.63) is 102 Å². The van der Waals surface area contributed by atoms with Crippen LogP contribution in [0.2, 0.25) is 0 Å². The Morgan fingerprint density at radius 1 is 0.844 bits per heavy atom. The fourth-order valence-electron chi connectivity index (χ4n) is 4.20. The topological polar surface area (TPSA) is 46.6 Å². The van der Waals surface area contributed by atoms with Crippen molar-refractivity contribution in [3.8, 4) is 0 Å². The van der Waals surface area contributed by atoms with Crippen LogP contribution in [0.4, 0.5) is 5.69 Å². The number of methoxy groups -OCH3 is 1. The number of carbonyl (C=O) groups is 2. The molecule has 0 aliphatic carbocycles. The molecule has 4 nitrogen and oxygen atoms in total. The van der Waals surface area contributed by atoms with E-state index < -0.39 is 11.9 Å². The van der Waals surface area contributed by atoms with Crippen LogP contribution in [0.3, 0.4) is 0 Å². The molecular weight excluding hydrogens is 398 g/mol. The average Bonchev–Trinajstić information content (AvgIpc) is 2.82. The van der Waals surface area contributed by atoms with Gasteiger partial charge in [-0.05, 0) is 42.2 Å². The maximum Gasteiger partial charge on any atom is 0.316 e. The highest BCUT2D eigenvalue weighted by Crippen LogP contribution is 2.33. The molecule has 0 aliphatic heterocycles. The molecule has 0 spiro atoms. The smallest absolute Gasteiger partial charge is 0.316 e. The van der Waals surface area contributed by atoms with Crippen molar-refractivity contribution in [2.75, 3.05) is 12.0 Å². The zero-order valence-corrected chi connectivity index (χ0v) is 19.0. The zero-order valence-electron chi connectivity index (χ0n) is 19.0. The monoisotopic (exact) mass is 429 g/mol. The van der Waals surface area contributed by atoms with E-state index in [9.17, 15) is 9.59 Å². The van der Waals surface area contributed by atoms with Crippen LogP contribution in [-0.4, -0.2) is 18.9 Å². The molecule has 4 heteroatoms. The van der Waals surface area contributed by atoms with Gasteiger partial charge in [0.1, 0.15) is 11.7 Å². The lowest BCUT2D eigenvalue weighted by Crippen LogP contribution is -2.30. The lowest BCUT2D eigenvalue weighted by molar-refractivity contribution is -0.150. The van der Waals surface area contributed by atoms with E-state index in [0.29, 0.717) is 6.42 Å². The fraction of sp³-hybridized carbons (Fsp3) is 0.286. The molecule has 0 radical (unpaired) electrons. The van der Waals surface area contributed by atoms with E-state index in [2.05, 4.69) is 41.3 Å². The molecule has 0 amide bonds. The van der Waals surface area contributed by atoms with E-state index in [1.807, 2.05) is 55.5 Å². The number of carbonyl (C=O) groups excluding carboxylic acids is 2. The first-order chi connectivity index (χ1) is 15.5. The first kappa shape index (κ1) is 23.3. The third-order valence-electron chi connectivity index (χ3n) is 5.83. The minimum atomic E-state index is -0.794. The molecule has 0 heterocycles. The van der Waals surface area contributed by atoms with Gasteiger partial charge in [0, 0.05) is 24.7 Å². The van der Waals surface area contributed by atoms with Crippen LogP contribution in [0.25, 0.3) is 0 Å². The third kappa shape index (κ3) is 5.85. The number of ketones is 1. The Hall–Kier alpha value is -3.40. The summed E-state index contributed by atoms with van der Waals surface area (Å²) in [5.41, 5.74) is 4.47. The molecule has 0 saturated carbocycles. The SMILES string of the molecule is CC[C@@H](c1cccc(N(Cc2ccccc2)Cc2ccccc2)c1)C(C(C)=O)C(=O)OC. The number of hydrogen-bond acceptors (Lipinski definition) is 4. The quantitative estimate of drug-likeness (QED) is 0.303. The van der Waals surface area contributed by atoms with E-state index >= 15 is 0 Å². The molecule has 0 aromatic heterocycles. The number of hydrogen-bond donors (Lipinski definition) is 0. The van der Waals surface area contributed by atoms with Gasteiger partial charge in [-0.2, -0.15) is 0 Å². The summed E-state index contributed by atoms with van der Waals surface area (Å²) in [6.07, 6.45) is 0.667. The molecule has 166 valence electrons. The Kier molecular flexibility index (Phi) is 8.20. The summed E-state index contributed by atoms with van der Waals surface area (Å²) < 4.78 is 4.94. The predicted octanol–water partition coefficient (Wildman–Crippen LogP) is 5.77. The van der Waals surface area contributed by atoms with Crippen LogP contribution in [-0.2, 0) is 27.4 Å². The van der Waals surface area contributed by atoms with E-state index in [0.717, 1.165) is 24.3 Å². The second-order valence-electron chi connectivity index (χ2n) is 8.05. The van der Waals surface area contributed by atoms with Crippen molar-refractivity contribution in [1.82, 2.24) is 0 Å². The molecule has 1 unspecified atom stereocenters. The van der Waals surface area contributed by atoms with Crippen LogP contribution in [0.5, 0.6) is 0 Å². The van der Waals surface area contributed by atoms with Crippen LogP contribution in [0.1, 0.15) is 42.9 Å². The van der Waals surface area contributed by atoms with Gasteiger partial charge < -0.3 is 9.64 Å². The summed E-state index contributed by atoms with van der Waals surface area (Å²) in [7, 11) is 1.34. The van der Waals surface area contributed by atoms with E-state index in [1.54, 1.807) is 0 Å². The molecular formula is C28H31NO3. The highest BCUT2D eigenvalue weighted by Gasteiger charge is 2.33. The van der Waals surface area contributed by atoms with Gasteiger partial charge in [-0.25, -0.2) is 0 Å². The summed E-state index contributed by atoms with van der Waals surface area (Å²) in [6.45, 7) is 4.97. The minimum Gasteiger partial charge on any atom is -0.468 e. The molecule has 3 aromatic carbocycles. The van der Waals surface area contributed by atoms with E-state index in [-0.39, 0.29) is 11.7 Å². The molecule has 0 bridgehead atoms. The number of rotatable bonds is 10. The van der Waals surface area contributed by atoms with Gasteiger partial charge in [0.05, 0.1) is 7.11 Å². The first-order valence-corrected chi connectivity index (χ1v) is 11.0. The minimum absolute atomic E-state index is 0.167. The Bertz CT molecular complexity index is 976. The van der Waals surface area contributed by atoms with Crippen LogP contribution >= 0.6 is 0 Å². The van der Waals surface area contributed by atoms with Crippen molar-refractivity contribution in [1.29, 1.82) is 0 Å². The highest BCUT2D eigenvalue weighted by atomic mass is 16.5. The maximum atomic E-state index is 12.4. The Labute approximate surface area is 190 Å². The van der Waals surface area contributed by atoms with Crippen molar-refractivity contribution in [2.24, 2.45) is 5.92 Å². The third-order valence-corrected chi connectivity index (χ3v) is 5.83. The molecule has 2 atom stereocenters. The summed E-state index contributed by atoms with van der Waals surface area (Å²) in [5, 5.41) is 0. The van der Waals surface area contributed by atoms with Gasteiger partial charge in [0.2, 0.25) is 0 Å². The predicted molar refractivity (Wildman–Crippen MR) is 128 cm³/mol. The Balaban J connectivity index is 1.97. The van der Waals surface area contributed by atoms with Crippen molar-refractivity contribution < 1.29 is 14.3 Å². The highest BCUT2D eigenvalue weighted by molar-refractivity contribution is 5.98. The van der Waals surface area contributed by atoms with E-state index in [1.165, 1.54) is 25.2 Å². The normalized spacial score (nSPS) is 12.6. The molecule has 32 heavy (non-hydrogen) atoms. The van der Waals surface area contributed by atoms with Crippen molar-refractivity contribution >= 4 is 17.4 Å². The van der Waals surface area contributed by atoms with Crippen molar-refractivity contribution in [3.63, 3.8) is 0 Å². The van der Waals surface area contributed by atoms with Gasteiger partial charge in [-0.1, -0.05) is 79.7 Å². The largest absolute Gasteiger partial charge is 0.468 e. The second-order valence-corrected chi connectivity index (χ2v) is 8.05. The zero-order chi connectivity index (χ0) is 22.9. The summed E-state index contributed by atoms with van der Waals surface area (Å²) >= 11 is 0. The summed E-state index contributed by atoms with van der Waals surface area (Å²) in [6, 6.07) is 28.9. The molecule has 0 saturated heterocycles. The molecule has 0 N–H and O–H groups in total. The number of esters is 1. The Morgan fingerprint density at radius 2 is 1.41 bits per heavy atom. The standard InChI is InChI=1S/C28H31NO3/c1-4-26(27(21(2)30)28(31)32-3)24-16-11-17-25(18-24)29(19-22-12-7-5-8-13-22)20-23-14-9-6-10-15-23/h5-18,26-27H,4,19-20H2,1-3H3/t26-,27?/m0/s1. The van der Waals surface area contributed by atoms with E-state index in [4.69, 9.17) is 4.74 Å². The molecule has 3 aromatic rings. The first-order valence-electron chi connectivity index (χ1n) is 11.0. The molecule has 3 rings (SSSR count). The molecule has 0 aliphatic rings. The fourth-order valence-corrected chi connectivity index (χ4v) is 4.20. The Morgan fingerprint density at radius 3 is 1.88 bits per heavy atom. The van der Waals surface area contributed by atoms with Crippen LogP contribution in [0, 0.1) is 5.92 Å². The van der Waals surface area contributed by atoms with Gasteiger partial charge in [-0.3, -0.25) is 9.59 Å². The molecule has 0 fully saturated rings. The number of benzene rings is 3.